The summed E-state index contributed by atoms with van der Waals surface area (Å²) in [6, 6.07) is 4.86. The molecule has 166 valence electrons. The Balaban J connectivity index is 1.51. The van der Waals surface area contributed by atoms with Crippen LogP contribution in [0.5, 0.6) is 0 Å². The van der Waals surface area contributed by atoms with Gasteiger partial charge >= 0.3 is 6.09 Å². The van der Waals surface area contributed by atoms with E-state index < -0.39 is 23.5 Å². The normalized spacial score (nSPS) is 26.4. The standard InChI is InChI=1S/C22H27N3O6/c1-14(4-2-6-19(27)24-9-3-5-16(24)13-26)22(30)17-12-15(25-10-11-31-21(25)29)7-8-18(17)23-20(22)28/h2,4,7-8,12,14,16,26,30H,3,5-6,9-11,13H2,1H3,(H,23,28)/b4-2+/t14-,16+,22+/m1/s1. The molecule has 3 aliphatic rings. The first-order chi connectivity index (χ1) is 14.9. The zero-order valence-corrected chi connectivity index (χ0v) is 17.4. The summed E-state index contributed by atoms with van der Waals surface area (Å²) in [5.74, 6) is -1.25. The van der Waals surface area contributed by atoms with Crippen molar-refractivity contribution < 1.29 is 29.3 Å². The van der Waals surface area contributed by atoms with Gasteiger partial charge in [0, 0.05) is 35.8 Å². The topological polar surface area (TPSA) is 119 Å². The predicted octanol–water partition coefficient (Wildman–Crippen LogP) is 1.35. The van der Waals surface area contributed by atoms with Crippen LogP contribution in [0, 0.1) is 5.92 Å². The third kappa shape index (κ3) is 3.68. The van der Waals surface area contributed by atoms with Gasteiger partial charge in [0.15, 0.2) is 5.60 Å². The zero-order valence-electron chi connectivity index (χ0n) is 17.4. The van der Waals surface area contributed by atoms with Crippen molar-refractivity contribution in [2.45, 2.75) is 37.8 Å². The molecule has 0 aliphatic carbocycles. The summed E-state index contributed by atoms with van der Waals surface area (Å²) in [6.45, 7) is 2.99. The molecule has 3 amide bonds. The number of amides is 3. The van der Waals surface area contributed by atoms with E-state index in [1.807, 2.05) is 0 Å². The van der Waals surface area contributed by atoms with Crippen molar-refractivity contribution in [3.63, 3.8) is 0 Å². The molecular weight excluding hydrogens is 402 g/mol. The SMILES string of the molecule is C[C@H](/C=C/CC(=O)N1CCC[C@H]1CO)[C@@]1(O)C(=O)Nc2ccc(N3CCOC3=O)cc21. The predicted molar refractivity (Wildman–Crippen MR) is 112 cm³/mol. The molecule has 3 aliphatic heterocycles. The lowest BCUT2D eigenvalue weighted by molar-refractivity contribution is -0.137. The van der Waals surface area contributed by atoms with Gasteiger partial charge < -0.3 is 25.2 Å². The Hall–Kier alpha value is -2.91. The van der Waals surface area contributed by atoms with Crippen LogP contribution in [0.3, 0.4) is 0 Å². The monoisotopic (exact) mass is 429 g/mol. The number of aliphatic hydroxyl groups excluding tert-OH is 1. The number of carbonyl (C=O) groups excluding carboxylic acids is 3. The molecule has 3 atom stereocenters. The van der Waals surface area contributed by atoms with Crippen molar-refractivity contribution in [1.82, 2.24) is 4.90 Å². The van der Waals surface area contributed by atoms with E-state index in [9.17, 15) is 24.6 Å². The van der Waals surface area contributed by atoms with E-state index in [0.29, 0.717) is 36.6 Å². The van der Waals surface area contributed by atoms with Gasteiger partial charge in [-0.1, -0.05) is 19.1 Å². The molecule has 9 heteroatoms. The first-order valence-corrected chi connectivity index (χ1v) is 10.6. The van der Waals surface area contributed by atoms with Crippen LogP contribution >= 0.6 is 0 Å². The van der Waals surface area contributed by atoms with Crippen LogP contribution in [0.2, 0.25) is 0 Å². The zero-order chi connectivity index (χ0) is 22.2. The van der Waals surface area contributed by atoms with Gasteiger partial charge in [-0.3, -0.25) is 14.5 Å². The lowest BCUT2D eigenvalue weighted by Gasteiger charge is -2.27. The van der Waals surface area contributed by atoms with Gasteiger partial charge in [0.25, 0.3) is 5.91 Å². The molecule has 0 radical (unpaired) electrons. The lowest BCUT2D eigenvalue weighted by Crippen LogP contribution is -2.40. The molecule has 0 saturated carbocycles. The Bertz CT molecular complexity index is 932. The number of carbonyl (C=O) groups is 3. The quantitative estimate of drug-likeness (QED) is 0.588. The maximum Gasteiger partial charge on any atom is 0.414 e. The maximum absolute atomic E-state index is 12.7. The minimum Gasteiger partial charge on any atom is -0.447 e. The molecule has 0 unspecified atom stereocenters. The number of anilines is 2. The smallest absolute Gasteiger partial charge is 0.414 e. The van der Waals surface area contributed by atoms with E-state index in [2.05, 4.69) is 5.32 Å². The number of hydrogen-bond acceptors (Lipinski definition) is 6. The fraction of sp³-hybridized carbons (Fsp3) is 0.500. The molecule has 0 spiro atoms. The van der Waals surface area contributed by atoms with Gasteiger partial charge in [-0.2, -0.15) is 0 Å². The van der Waals surface area contributed by atoms with Gasteiger partial charge in [-0.25, -0.2) is 4.79 Å². The Labute approximate surface area is 180 Å². The van der Waals surface area contributed by atoms with Crippen LogP contribution < -0.4 is 10.2 Å². The number of likely N-dealkylation sites (tertiary alicyclic amines) is 1. The molecule has 0 bridgehead atoms. The molecule has 3 heterocycles. The van der Waals surface area contributed by atoms with E-state index in [1.165, 1.54) is 4.90 Å². The van der Waals surface area contributed by atoms with E-state index in [1.54, 1.807) is 42.2 Å². The molecule has 1 aromatic rings. The van der Waals surface area contributed by atoms with Crippen LogP contribution in [-0.2, 0) is 19.9 Å². The molecule has 4 rings (SSSR count). The minimum atomic E-state index is -1.82. The fourth-order valence-electron chi connectivity index (χ4n) is 4.53. The van der Waals surface area contributed by atoms with Crippen LogP contribution in [0.25, 0.3) is 0 Å². The van der Waals surface area contributed by atoms with Crippen molar-refractivity contribution in [2.24, 2.45) is 5.92 Å². The number of nitrogens with one attached hydrogen (secondary N) is 1. The largest absolute Gasteiger partial charge is 0.447 e. The van der Waals surface area contributed by atoms with Gasteiger partial charge in [-0.15, -0.1) is 0 Å². The molecule has 31 heavy (non-hydrogen) atoms. The van der Waals surface area contributed by atoms with Gasteiger partial charge in [0.1, 0.15) is 6.61 Å². The van der Waals surface area contributed by atoms with Crippen LogP contribution in [0.15, 0.2) is 30.4 Å². The highest BCUT2D eigenvalue weighted by Crippen LogP contribution is 2.43. The number of hydrogen-bond donors (Lipinski definition) is 3. The Kier molecular flexibility index (Phi) is 5.72. The fourth-order valence-corrected chi connectivity index (χ4v) is 4.53. The maximum atomic E-state index is 12.7. The lowest BCUT2D eigenvalue weighted by atomic mass is 9.82. The number of ether oxygens (including phenoxy) is 1. The molecule has 3 N–H and O–H groups in total. The summed E-state index contributed by atoms with van der Waals surface area (Å²) in [5.41, 5.74) is -0.400. The highest BCUT2D eigenvalue weighted by Gasteiger charge is 2.49. The summed E-state index contributed by atoms with van der Waals surface area (Å²) < 4.78 is 4.97. The summed E-state index contributed by atoms with van der Waals surface area (Å²) in [7, 11) is 0. The number of fused-ring (bicyclic) bond motifs is 1. The van der Waals surface area contributed by atoms with Crippen molar-refractivity contribution in [3.8, 4) is 0 Å². The summed E-state index contributed by atoms with van der Waals surface area (Å²) >= 11 is 0. The first-order valence-electron chi connectivity index (χ1n) is 10.6. The Morgan fingerprint density at radius 3 is 2.90 bits per heavy atom. The second-order valence-corrected chi connectivity index (χ2v) is 8.20. The van der Waals surface area contributed by atoms with Crippen molar-refractivity contribution in [3.05, 3.63) is 35.9 Å². The molecule has 1 aromatic carbocycles. The third-order valence-electron chi connectivity index (χ3n) is 6.37. The molecule has 9 nitrogen and oxygen atoms in total. The molecule has 0 aromatic heterocycles. The average molecular weight is 429 g/mol. The Morgan fingerprint density at radius 2 is 2.19 bits per heavy atom. The van der Waals surface area contributed by atoms with Crippen LogP contribution in [-0.4, -0.2) is 65.4 Å². The summed E-state index contributed by atoms with van der Waals surface area (Å²) in [4.78, 5) is 40.2. The van der Waals surface area contributed by atoms with Crippen molar-refractivity contribution in [2.75, 3.05) is 36.5 Å². The number of benzene rings is 1. The van der Waals surface area contributed by atoms with E-state index >= 15 is 0 Å². The molecular formula is C22H27N3O6. The summed E-state index contributed by atoms with van der Waals surface area (Å²) in [6.07, 6.45) is 4.66. The molecule has 2 saturated heterocycles. The average Bonchev–Trinajstić information content (AvgIpc) is 3.46. The highest BCUT2D eigenvalue weighted by molar-refractivity contribution is 6.06. The van der Waals surface area contributed by atoms with Gasteiger partial charge in [0.2, 0.25) is 5.91 Å². The number of nitrogens with zero attached hydrogens (tertiary/aromatic N) is 2. The number of aliphatic hydroxyl groups is 2. The Morgan fingerprint density at radius 1 is 1.39 bits per heavy atom. The van der Waals surface area contributed by atoms with E-state index in [4.69, 9.17) is 4.74 Å². The number of cyclic esters (lactones) is 1. The van der Waals surface area contributed by atoms with E-state index in [-0.39, 0.29) is 25.0 Å². The number of rotatable bonds is 6. The first kappa shape index (κ1) is 21.3. The van der Waals surface area contributed by atoms with Crippen LogP contribution in [0.1, 0.15) is 31.7 Å². The molecule has 2 fully saturated rings. The minimum absolute atomic E-state index is 0.0462. The van der Waals surface area contributed by atoms with E-state index in [0.717, 1.165) is 12.8 Å². The van der Waals surface area contributed by atoms with Crippen molar-refractivity contribution in [1.29, 1.82) is 0 Å². The van der Waals surface area contributed by atoms with Gasteiger partial charge in [-0.05, 0) is 31.0 Å². The second-order valence-electron chi connectivity index (χ2n) is 8.20. The van der Waals surface area contributed by atoms with Crippen LogP contribution in [0.4, 0.5) is 16.2 Å². The van der Waals surface area contributed by atoms with Crippen molar-refractivity contribution >= 4 is 29.3 Å². The second kappa shape index (κ2) is 8.32. The van der Waals surface area contributed by atoms with Gasteiger partial charge in [0.05, 0.1) is 19.2 Å². The highest BCUT2D eigenvalue weighted by atomic mass is 16.6. The third-order valence-corrected chi connectivity index (χ3v) is 6.37. The summed E-state index contributed by atoms with van der Waals surface area (Å²) in [5, 5.41) is 23.4.